The van der Waals surface area contributed by atoms with E-state index in [1.54, 1.807) is 54.6 Å². The minimum atomic E-state index is -0.536. The summed E-state index contributed by atoms with van der Waals surface area (Å²) in [6.45, 7) is 0. The summed E-state index contributed by atoms with van der Waals surface area (Å²) in [5, 5.41) is 4.45. The van der Waals surface area contributed by atoms with Crippen molar-refractivity contribution in [1.82, 2.24) is 10.4 Å². The molecule has 0 aliphatic heterocycles. The molecule has 1 N–H and O–H groups in total. The van der Waals surface area contributed by atoms with Crippen molar-refractivity contribution in [2.75, 3.05) is 7.11 Å². The fraction of sp³-hybridized carbons (Fsp3) is 0.0476. The smallest absolute Gasteiger partial charge is 0.343 e. The third-order valence-corrected chi connectivity index (χ3v) is 4.04. The standard InChI is InChI=1S/C21H16ClN3O4/c1-28-19-12-14(13-24-25-20(26)15-8-10-23-11-9-15)2-7-18(19)29-21(27)16-3-5-17(22)6-4-16/h2-13H,1H3,(H,25,26)/b24-13+. The fourth-order valence-electron chi connectivity index (χ4n) is 2.33. The van der Waals surface area contributed by atoms with Gasteiger partial charge in [-0.25, -0.2) is 10.2 Å². The molecule has 3 aromatic rings. The molecule has 29 heavy (non-hydrogen) atoms. The van der Waals surface area contributed by atoms with E-state index >= 15 is 0 Å². The van der Waals surface area contributed by atoms with Gasteiger partial charge in [0, 0.05) is 23.0 Å². The van der Waals surface area contributed by atoms with E-state index in [-0.39, 0.29) is 11.7 Å². The Kier molecular flexibility index (Phi) is 6.55. The topological polar surface area (TPSA) is 89.9 Å². The van der Waals surface area contributed by atoms with Crippen LogP contribution < -0.4 is 14.9 Å². The van der Waals surface area contributed by atoms with Gasteiger partial charge in [0.2, 0.25) is 0 Å². The third-order valence-electron chi connectivity index (χ3n) is 3.79. The van der Waals surface area contributed by atoms with Crippen LogP contribution in [0.5, 0.6) is 11.5 Å². The highest BCUT2D eigenvalue weighted by Crippen LogP contribution is 2.28. The van der Waals surface area contributed by atoms with E-state index in [2.05, 4.69) is 15.5 Å². The van der Waals surface area contributed by atoms with Crippen LogP contribution in [0.15, 0.2) is 72.1 Å². The molecule has 1 heterocycles. The zero-order valence-electron chi connectivity index (χ0n) is 15.3. The Morgan fingerprint density at radius 1 is 1.00 bits per heavy atom. The van der Waals surface area contributed by atoms with E-state index < -0.39 is 5.97 Å². The van der Waals surface area contributed by atoms with Gasteiger partial charge in [0.05, 0.1) is 18.9 Å². The molecule has 3 rings (SSSR count). The van der Waals surface area contributed by atoms with Crippen LogP contribution in [-0.2, 0) is 0 Å². The first-order valence-corrected chi connectivity index (χ1v) is 8.84. The van der Waals surface area contributed by atoms with Crippen molar-refractivity contribution in [1.29, 1.82) is 0 Å². The number of benzene rings is 2. The first-order chi connectivity index (χ1) is 14.1. The number of nitrogens with zero attached hydrogens (tertiary/aromatic N) is 2. The van der Waals surface area contributed by atoms with Crippen LogP contribution in [0, 0.1) is 0 Å². The molecule has 0 bridgehead atoms. The normalized spacial score (nSPS) is 10.6. The molecule has 7 nitrogen and oxygen atoms in total. The van der Waals surface area contributed by atoms with E-state index in [4.69, 9.17) is 21.1 Å². The van der Waals surface area contributed by atoms with E-state index in [9.17, 15) is 9.59 Å². The first-order valence-electron chi connectivity index (χ1n) is 8.46. The number of hydrogen-bond donors (Lipinski definition) is 1. The number of hydrazone groups is 1. The van der Waals surface area contributed by atoms with E-state index in [0.717, 1.165) is 0 Å². The van der Waals surface area contributed by atoms with Crippen LogP contribution in [0.4, 0.5) is 0 Å². The van der Waals surface area contributed by atoms with Gasteiger partial charge < -0.3 is 9.47 Å². The number of halogens is 1. The number of pyridine rings is 1. The molecule has 0 unspecified atom stereocenters. The molecule has 0 fully saturated rings. The largest absolute Gasteiger partial charge is 0.493 e. The van der Waals surface area contributed by atoms with Crippen LogP contribution >= 0.6 is 11.6 Å². The van der Waals surface area contributed by atoms with E-state index in [0.29, 0.717) is 27.5 Å². The van der Waals surface area contributed by atoms with Gasteiger partial charge in [-0.1, -0.05) is 11.6 Å². The van der Waals surface area contributed by atoms with E-state index in [1.807, 2.05) is 0 Å². The highest BCUT2D eigenvalue weighted by Gasteiger charge is 2.13. The van der Waals surface area contributed by atoms with Gasteiger partial charge in [0.25, 0.3) is 5.91 Å². The summed E-state index contributed by atoms with van der Waals surface area (Å²) in [6.07, 6.45) is 4.49. The van der Waals surface area contributed by atoms with Crippen molar-refractivity contribution in [2.24, 2.45) is 5.10 Å². The second-order valence-electron chi connectivity index (χ2n) is 5.74. The molecule has 1 amide bonds. The average molecular weight is 410 g/mol. The van der Waals surface area contributed by atoms with Crippen molar-refractivity contribution in [3.63, 3.8) is 0 Å². The number of hydrogen-bond acceptors (Lipinski definition) is 6. The lowest BCUT2D eigenvalue weighted by Crippen LogP contribution is -2.17. The van der Waals surface area contributed by atoms with Gasteiger partial charge in [-0.3, -0.25) is 9.78 Å². The van der Waals surface area contributed by atoms with Crippen LogP contribution in [0.1, 0.15) is 26.3 Å². The molecule has 0 aliphatic rings. The van der Waals surface area contributed by atoms with Crippen molar-refractivity contribution in [3.05, 3.63) is 88.7 Å². The van der Waals surface area contributed by atoms with Crippen molar-refractivity contribution in [2.45, 2.75) is 0 Å². The summed E-state index contributed by atoms with van der Waals surface area (Å²) in [5.74, 6) is -0.294. The lowest BCUT2D eigenvalue weighted by Gasteiger charge is -2.10. The van der Waals surface area contributed by atoms with Crippen LogP contribution in [0.2, 0.25) is 5.02 Å². The highest BCUT2D eigenvalue weighted by atomic mass is 35.5. The molecule has 0 saturated carbocycles. The predicted molar refractivity (Wildman–Crippen MR) is 109 cm³/mol. The second kappa shape index (κ2) is 9.48. The molecular weight excluding hydrogens is 394 g/mol. The fourth-order valence-corrected chi connectivity index (χ4v) is 2.45. The Morgan fingerprint density at radius 3 is 2.41 bits per heavy atom. The first kappa shape index (κ1) is 20.0. The Labute approximate surface area is 171 Å². The number of rotatable bonds is 6. The molecule has 0 spiro atoms. The zero-order valence-corrected chi connectivity index (χ0v) is 16.1. The monoisotopic (exact) mass is 409 g/mol. The van der Waals surface area contributed by atoms with Gasteiger partial charge in [-0.2, -0.15) is 5.10 Å². The highest BCUT2D eigenvalue weighted by molar-refractivity contribution is 6.30. The maximum Gasteiger partial charge on any atom is 0.343 e. The lowest BCUT2D eigenvalue weighted by molar-refractivity contribution is 0.0729. The second-order valence-corrected chi connectivity index (χ2v) is 6.18. The number of nitrogens with one attached hydrogen (secondary N) is 1. The van der Waals surface area contributed by atoms with Gasteiger partial charge in [-0.15, -0.1) is 0 Å². The summed E-state index contributed by atoms with van der Waals surface area (Å²) in [7, 11) is 1.46. The number of methoxy groups -OCH3 is 1. The summed E-state index contributed by atoms with van der Waals surface area (Å²) in [4.78, 5) is 28.1. The van der Waals surface area contributed by atoms with Crippen molar-refractivity contribution in [3.8, 4) is 11.5 Å². The van der Waals surface area contributed by atoms with Crippen LogP contribution in [-0.4, -0.2) is 30.2 Å². The number of esters is 1. The molecule has 1 aromatic heterocycles. The zero-order chi connectivity index (χ0) is 20.6. The summed E-state index contributed by atoms with van der Waals surface area (Å²) in [5.41, 5.74) is 3.87. The van der Waals surface area contributed by atoms with E-state index in [1.165, 1.54) is 25.7 Å². The Bertz CT molecular complexity index is 1040. The molecule has 0 atom stereocenters. The molecule has 0 aliphatic carbocycles. The van der Waals surface area contributed by atoms with Crippen LogP contribution in [0.25, 0.3) is 0 Å². The molecule has 0 saturated heterocycles. The van der Waals surface area contributed by atoms with Gasteiger partial charge >= 0.3 is 5.97 Å². The number of ether oxygens (including phenoxy) is 2. The molecule has 146 valence electrons. The third kappa shape index (κ3) is 5.40. The average Bonchev–Trinajstić information content (AvgIpc) is 2.75. The quantitative estimate of drug-likeness (QED) is 0.290. The minimum Gasteiger partial charge on any atom is -0.493 e. The Balaban J connectivity index is 1.67. The predicted octanol–water partition coefficient (Wildman–Crippen LogP) is 3.73. The number of carbonyl (C=O) groups excluding carboxylic acids is 2. The van der Waals surface area contributed by atoms with Crippen molar-refractivity contribution < 1.29 is 19.1 Å². The molecule has 8 heteroatoms. The summed E-state index contributed by atoms with van der Waals surface area (Å²) in [6, 6.07) is 14.4. The van der Waals surface area contributed by atoms with Gasteiger partial charge in [-0.05, 0) is 60.2 Å². The van der Waals surface area contributed by atoms with Crippen molar-refractivity contribution >= 4 is 29.7 Å². The lowest BCUT2D eigenvalue weighted by atomic mass is 10.2. The van der Waals surface area contributed by atoms with Crippen LogP contribution in [0.3, 0.4) is 0 Å². The Morgan fingerprint density at radius 2 is 1.72 bits per heavy atom. The SMILES string of the molecule is COc1cc(/C=N/NC(=O)c2ccncc2)ccc1OC(=O)c1ccc(Cl)cc1. The molecular formula is C21H16ClN3O4. The maximum absolute atomic E-state index is 12.3. The minimum absolute atomic E-state index is 0.255. The maximum atomic E-state index is 12.3. The number of carbonyl (C=O) groups is 2. The molecule has 0 radical (unpaired) electrons. The number of amides is 1. The molecule has 2 aromatic carbocycles. The number of aromatic nitrogens is 1. The van der Waals surface area contributed by atoms with Gasteiger partial charge in [0.15, 0.2) is 11.5 Å². The summed E-state index contributed by atoms with van der Waals surface area (Å²) < 4.78 is 10.7. The Hall–Kier alpha value is -3.71. The summed E-state index contributed by atoms with van der Waals surface area (Å²) >= 11 is 5.82. The van der Waals surface area contributed by atoms with Gasteiger partial charge in [0.1, 0.15) is 0 Å².